The van der Waals surface area contributed by atoms with E-state index in [1.165, 1.54) is 18.3 Å². The normalized spacial score (nSPS) is 13.3. The molecule has 0 unspecified atom stereocenters. The van der Waals surface area contributed by atoms with E-state index in [1.54, 1.807) is 0 Å². The van der Waals surface area contributed by atoms with Crippen LogP contribution in [0.4, 0.5) is 45.2 Å². The van der Waals surface area contributed by atoms with Crippen molar-refractivity contribution in [2.45, 2.75) is 76.8 Å². The van der Waals surface area contributed by atoms with Crippen molar-refractivity contribution >= 4 is 24.5 Å². The molecule has 0 saturated carbocycles. The maximum Gasteiger partial charge on any atom is 0.423 e. The predicted molar refractivity (Wildman–Crippen MR) is 170 cm³/mol. The summed E-state index contributed by atoms with van der Waals surface area (Å²) in [4.78, 5) is 33.1. The van der Waals surface area contributed by atoms with Crippen LogP contribution in [-0.2, 0) is 35.1 Å². The van der Waals surface area contributed by atoms with Crippen LogP contribution >= 0.6 is 0 Å². The molecule has 3 aromatic heterocycles. The van der Waals surface area contributed by atoms with E-state index < -0.39 is 80.2 Å². The van der Waals surface area contributed by atoms with Gasteiger partial charge in [0.15, 0.2) is 5.82 Å². The van der Waals surface area contributed by atoms with Gasteiger partial charge in [0.1, 0.15) is 18.1 Å². The summed E-state index contributed by atoms with van der Waals surface area (Å²) < 4.78 is 133. The van der Waals surface area contributed by atoms with Crippen molar-refractivity contribution in [1.82, 2.24) is 24.3 Å². The predicted octanol–water partition coefficient (Wildman–Crippen LogP) is 7.00. The molecule has 0 aliphatic rings. The van der Waals surface area contributed by atoms with Gasteiger partial charge in [0, 0.05) is 45.9 Å². The van der Waals surface area contributed by atoms with Crippen LogP contribution in [0.25, 0.3) is 22.2 Å². The van der Waals surface area contributed by atoms with E-state index in [1.807, 2.05) is 0 Å². The number of fused-ring (bicyclic) bond motifs is 1. The molecule has 4 aromatic rings. The number of rotatable bonds is 15. The van der Waals surface area contributed by atoms with Gasteiger partial charge in [-0.1, -0.05) is 19.6 Å². The summed E-state index contributed by atoms with van der Waals surface area (Å²) in [7, 11) is -1.52. The van der Waals surface area contributed by atoms with Crippen LogP contribution in [0.1, 0.15) is 24.0 Å². The average molecular weight is 753 g/mol. The second-order valence-corrected chi connectivity index (χ2v) is 18.3. The lowest BCUT2D eigenvalue weighted by Crippen LogP contribution is -2.35. The van der Waals surface area contributed by atoms with Gasteiger partial charge in [-0.25, -0.2) is 19.0 Å². The molecule has 20 heteroatoms. The highest BCUT2D eigenvalue weighted by Crippen LogP contribution is 2.33. The summed E-state index contributed by atoms with van der Waals surface area (Å²) in [6.07, 6.45) is -6.89. The van der Waals surface area contributed by atoms with Crippen LogP contribution in [-0.4, -0.2) is 58.3 Å². The van der Waals surface area contributed by atoms with Crippen molar-refractivity contribution in [2.75, 3.05) is 18.5 Å². The molecule has 0 radical (unpaired) electrons. The van der Waals surface area contributed by atoms with Crippen LogP contribution in [0, 0.1) is 5.82 Å². The molecule has 0 aliphatic heterocycles. The van der Waals surface area contributed by atoms with Gasteiger partial charge in [-0.2, -0.15) is 40.2 Å². The summed E-state index contributed by atoms with van der Waals surface area (Å²) in [5.74, 6) is -1.33. The lowest BCUT2D eigenvalue weighted by molar-refractivity contribution is -0.139. The maximum atomic E-state index is 15.0. The molecule has 0 bridgehead atoms. The fourth-order valence-electron chi connectivity index (χ4n) is 4.87. The Hall–Kier alpha value is -4.30. The number of nitrogens with zero attached hydrogens (tertiary/aromatic N) is 5. The average Bonchev–Trinajstić information content (AvgIpc) is 3.02. The first kappa shape index (κ1) is 39.5. The van der Waals surface area contributed by atoms with Crippen LogP contribution in [0.5, 0.6) is 0 Å². The van der Waals surface area contributed by atoms with Crippen molar-refractivity contribution in [3.8, 4) is 11.4 Å². The molecule has 3 heterocycles. The second kappa shape index (κ2) is 15.9. The molecule has 0 saturated heterocycles. The number of hydrogen-bond donors (Lipinski definition) is 1. The molecule has 51 heavy (non-hydrogen) atoms. The van der Waals surface area contributed by atoms with Gasteiger partial charge in [0.2, 0.25) is 0 Å². The number of halogens is 9. The lowest BCUT2D eigenvalue weighted by Gasteiger charge is -2.23. The first-order valence-electron chi connectivity index (χ1n) is 15.4. The van der Waals surface area contributed by atoms with E-state index in [2.05, 4.69) is 44.8 Å². The number of anilines is 1. The monoisotopic (exact) mass is 752 g/mol. The molecular weight excluding hydrogens is 719 g/mol. The highest BCUT2D eigenvalue weighted by Gasteiger charge is 2.39. The van der Waals surface area contributed by atoms with Gasteiger partial charge in [-0.05, 0) is 42.5 Å². The van der Waals surface area contributed by atoms with Gasteiger partial charge < -0.3 is 19.4 Å². The second-order valence-electron chi connectivity index (χ2n) is 12.7. The van der Waals surface area contributed by atoms with Crippen LogP contribution in [0.2, 0.25) is 25.7 Å². The number of aromatic nitrogens is 5. The van der Waals surface area contributed by atoms with Crippen molar-refractivity contribution in [3.05, 3.63) is 80.6 Å². The molecule has 0 spiro atoms. The minimum atomic E-state index is -5.15. The largest absolute Gasteiger partial charge is 0.423 e. The summed E-state index contributed by atoms with van der Waals surface area (Å²) in [5, 5.41) is 6.30. The molecule has 1 aromatic carbocycles. The Morgan fingerprint density at radius 3 is 2.25 bits per heavy atom. The molecule has 0 fully saturated rings. The van der Waals surface area contributed by atoms with E-state index in [4.69, 9.17) is 4.74 Å². The molecule has 1 atom stereocenters. The van der Waals surface area contributed by atoms with Crippen molar-refractivity contribution < 1.29 is 49.0 Å². The van der Waals surface area contributed by atoms with Crippen molar-refractivity contribution in [1.29, 1.82) is 0 Å². The van der Waals surface area contributed by atoms with Gasteiger partial charge in [-0.15, -0.1) is 0 Å². The summed E-state index contributed by atoms with van der Waals surface area (Å²) >= 11 is 0. The Labute approximate surface area is 285 Å². The topological polar surface area (TPSA) is 113 Å². The first-order chi connectivity index (χ1) is 23.7. The number of nitrogens with one attached hydrogen (secondary N) is 1. The Morgan fingerprint density at radius 2 is 1.65 bits per heavy atom. The summed E-state index contributed by atoms with van der Waals surface area (Å²) in [6.45, 7) is 1.78. The SMILES string of the molecule is C[Si](C)(C)CCOCn1ncc(N[C@H](CCCn2ccc3cc(-c4ncc(C(F)(F)F)cn4)c(F)cc3c2=O)COC(F)F)c(C(F)(F)F)c1=O. The van der Waals surface area contributed by atoms with E-state index in [9.17, 15) is 44.7 Å². The minimum Gasteiger partial charge on any atom is -0.378 e. The number of ether oxygens (including phenoxy) is 2. The number of pyridine rings is 1. The number of alkyl halides is 8. The number of benzene rings is 1. The van der Waals surface area contributed by atoms with Crippen molar-refractivity contribution in [3.63, 3.8) is 0 Å². The van der Waals surface area contributed by atoms with E-state index in [0.29, 0.717) is 23.1 Å². The highest BCUT2D eigenvalue weighted by molar-refractivity contribution is 6.76. The van der Waals surface area contributed by atoms with Crippen LogP contribution in [0.15, 0.2) is 52.6 Å². The Kier molecular flexibility index (Phi) is 12.3. The first-order valence-corrected chi connectivity index (χ1v) is 19.1. The zero-order chi connectivity index (χ0) is 37.7. The Balaban J connectivity index is 1.51. The molecular formula is C31H33F9N6O4Si. The van der Waals surface area contributed by atoms with Crippen LogP contribution < -0.4 is 16.4 Å². The highest BCUT2D eigenvalue weighted by atomic mass is 28.3. The summed E-state index contributed by atoms with van der Waals surface area (Å²) in [5.41, 5.74) is -5.94. The zero-order valence-corrected chi connectivity index (χ0v) is 28.4. The smallest absolute Gasteiger partial charge is 0.378 e. The number of hydrogen-bond acceptors (Lipinski definition) is 8. The van der Waals surface area contributed by atoms with Gasteiger partial charge in [0.25, 0.3) is 11.1 Å². The van der Waals surface area contributed by atoms with Gasteiger partial charge >= 0.3 is 19.0 Å². The van der Waals surface area contributed by atoms with E-state index in [0.717, 1.165) is 16.8 Å². The fraction of sp³-hybridized carbons (Fsp3) is 0.452. The third-order valence-corrected chi connectivity index (χ3v) is 9.26. The molecule has 0 amide bonds. The Morgan fingerprint density at radius 1 is 0.961 bits per heavy atom. The molecule has 1 N–H and O–H groups in total. The van der Waals surface area contributed by atoms with E-state index >= 15 is 4.39 Å². The zero-order valence-electron chi connectivity index (χ0n) is 27.4. The Bertz CT molecular complexity index is 1930. The quantitative estimate of drug-likeness (QED) is 0.0785. The van der Waals surface area contributed by atoms with E-state index in [-0.39, 0.29) is 48.2 Å². The third kappa shape index (κ3) is 10.6. The fourth-order valence-corrected chi connectivity index (χ4v) is 5.63. The molecule has 278 valence electrons. The standard InChI is InChI=1S/C31H33F9N6O4Si/c1-51(2,3)10-9-49-17-46-28(48)25(31(38,39)40)24(15-43-46)44-20(16-50-29(33)34)5-4-7-45-8-6-18-11-22(23(32)12-21(18)27(45)47)26-41-13-19(14-42-26)30(35,36)37/h6,8,11-15,20,29,44H,4-5,7,9-10,16-17H2,1-3H3/t20-/m1/s1. The van der Waals surface area contributed by atoms with Crippen molar-refractivity contribution in [2.24, 2.45) is 0 Å². The van der Waals surface area contributed by atoms with Gasteiger partial charge in [0.05, 0.1) is 35.0 Å². The maximum absolute atomic E-state index is 15.0. The number of aryl methyl sites for hydroxylation is 1. The van der Waals surface area contributed by atoms with Gasteiger partial charge in [-0.3, -0.25) is 9.59 Å². The molecule has 4 rings (SSSR count). The van der Waals surface area contributed by atoms with Crippen LogP contribution in [0.3, 0.4) is 0 Å². The molecule has 0 aliphatic carbocycles. The molecule has 10 nitrogen and oxygen atoms in total. The lowest BCUT2D eigenvalue weighted by atomic mass is 10.1. The third-order valence-electron chi connectivity index (χ3n) is 7.56. The summed E-state index contributed by atoms with van der Waals surface area (Å²) in [6, 6.07) is 2.98. The minimum absolute atomic E-state index is 0.0203.